The Morgan fingerprint density at radius 1 is 0.978 bits per heavy atom. The van der Waals surface area contributed by atoms with E-state index in [-0.39, 0.29) is 37.2 Å². The Kier molecular flexibility index (Phi) is 8.00. The molecule has 0 amide bonds. The van der Waals surface area contributed by atoms with E-state index in [1.807, 2.05) is 30.3 Å². The van der Waals surface area contributed by atoms with Gasteiger partial charge in [0.15, 0.2) is 0 Å². The third-order valence-electron chi connectivity index (χ3n) is 12.5. The number of hydrogen-bond donors (Lipinski definition) is 4. The molecule has 9 heteroatoms. The van der Waals surface area contributed by atoms with E-state index in [1.165, 1.54) is 12.3 Å². The van der Waals surface area contributed by atoms with E-state index < -0.39 is 63.8 Å². The standard InChI is InChI=1S/C36H45NO8/c1-23(44-31(40)25-10-7-19-37-22-25)34(41)17-18-36(43)33(34,3)29(45-30(39)12-11-24-8-5-4-6-9-24)21-28-32(2)15-14-27(38)20-26(32)13-16-35(28,36)42/h4-12,19,22-23,26-29,38,41-43H,13-18,20-21H2,1-3H3. The van der Waals surface area contributed by atoms with Gasteiger partial charge in [-0.3, -0.25) is 4.98 Å². The summed E-state index contributed by atoms with van der Waals surface area (Å²) in [6, 6.07) is 12.5. The lowest BCUT2D eigenvalue weighted by Crippen LogP contribution is -2.79. The molecular formula is C36H45NO8. The summed E-state index contributed by atoms with van der Waals surface area (Å²) in [5.41, 5.74) is -6.32. The van der Waals surface area contributed by atoms with Gasteiger partial charge in [-0.15, -0.1) is 0 Å². The van der Waals surface area contributed by atoms with Crippen LogP contribution in [-0.4, -0.2) is 72.5 Å². The molecule has 4 N–H and O–H groups in total. The van der Waals surface area contributed by atoms with E-state index in [0.717, 1.165) is 5.56 Å². The summed E-state index contributed by atoms with van der Waals surface area (Å²) in [7, 11) is 0. The van der Waals surface area contributed by atoms with Crippen molar-refractivity contribution < 1.29 is 39.5 Å². The molecule has 2 aromatic rings. The van der Waals surface area contributed by atoms with Crippen molar-refractivity contribution in [3.8, 4) is 0 Å². The number of fused-ring (bicyclic) bond motifs is 5. The van der Waals surface area contributed by atoms with Crippen LogP contribution in [0, 0.1) is 22.7 Å². The van der Waals surface area contributed by atoms with Gasteiger partial charge in [0.05, 0.1) is 22.7 Å². The highest BCUT2D eigenvalue weighted by atomic mass is 16.6. The molecular weight excluding hydrogens is 574 g/mol. The van der Waals surface area contributed by atoms with E-state index in [1.54, 1.807) is 38.3 Å². The van der Waals surface area contributed by atoms with E-state index in [0.29, 0.717) is 25.7 Å². The number of aromatic nitrogens is 1. The monoisotopic (exact) mass is 619 g/mol. The number of pyridine rings is 1. The molecule has 1 aromatic carbocycles. The summed E-state index contributed by atoms with van der Waals surface area (Å²) in [5, 5.41) is 48.7. The second-order valence-corrected chi connectivity index (χ2v) is 14.3. The molecule has 4 saturated carbocycles. The lowest BCUT2D eigenvalue weighted by Gasteiger charge is -2.69. The Bertz CT molecular complexity index is 1450. The maximum atomic E-state index is 13.4. The molecule has 6 rings (SSSR count). The zero-order valence-electron chi connectivity index (χ0n) is 26.3. The first-order chi connectivity index (χ1) is 21.3. The number of nitrogens with zero attached hydrogens (tertiary/aromatic N) is 1. The molecule has 1 heterocycles. The van der Waals surface area contributed by atoms with Crippen LogP contribution in [0.3, 0.4) is 0 Å². The van der Waals surface area contributed by atoms with Crippen LogP contribution in [0.1, 0.15) is 88.1 Å². The van der Waals surface area contributed by atoms with E-state index in [4.69, 9.17) is 9.47 Å². The third-order valence-corrected chi connectivity index (χ3v) is 12.5. The molecule has 1 aromatic heterocycles. The van der Waals surface area contributed by atoms with Gasteiger partial charge in [-0.2, -0.15) is 0 Å². The quantitative estimate of drug-likeness (QED) is 0.276. The Hall–Kier alpha value is -3.11. The van der Waals surface area contributed by atoms with Crippen LogP contribution in [0.15, 0.2) is 60.9 Å². The number of aliphatic hydroxyl groups excluding tert-OH is 1. The van der Waals surface area contributed by atoms with Gasteiger partial charge in [0, 0.05) is 18.5 Å². The van der Waals surface area contributed by atoms with E-state index in [2.05, 4.69) is 11.9 Å². The zero-order chi connectivity index (χ0) is 32.3. The highest BCUT2D eigenvalue weighted by Crippen LogP contribution is 2.72. The summed E-state index contributed by atoms with van der Waals surface area (Å²) in [4.78, 5) is 30.5. The number of carbonyl (C=O) groups excluding carboxylic acids is 2. The smallest absolute Gasteiger partial charge is 0.340 e. The van der Waals surface area contributed by atoms with Crippen molar-refractivity contribution in [1.82, 2.24) is 4.98 Å². The first-order valence-electron chi connectivity index (χ1n) is 16.2. The molecule has 0 spiro atoms. The Morgan fingerprint density at radius 3 is 2.44 bits per heavy atom. The Morgan fingerprint density at radius 2 is 1.73 bits per heavy atom. The van der Waals surface area contributed by atoms with Crippen LogP contribution in [0.2, 0.25) is 0 Å². The molecule has 0 saturated heterocycles. The molecule has 10 atom stereocenters. The van der Waals surface area contributed by atoms with Crippen molar-refractivity contribution >= 4 is 18.0 Å². The number of hydrogen-bond acceptors (Lipinski definition) is 9. The fraction of sp³-hybridized carbons (Fsp3) is 0.583. The maximum absolute atomic E-state index is 13.4. The van der Waals surface area contributed by atoms with Crippen LogP contribution in [0.5, 0.6) is 0 Å². The van der Waals surface area contributed by atoms with Crippen LogP contribution < -0.4 is 0 Å². The predicted molar refractivity (Wildman–Crippen MR) is 165 cm³/mol. The molecule has 4 aliphatic rings. The van der Waals surface area contributed by atoms with Gasteiger partial charge in [-0.1, -0.05) is 44.2 Å². The molecule has 9 nitrogen and oxygen atoms in total. The molecule has 45 heavy (non-hydrogen) atoms. The summed E-state index contributed by atoms with van der Waals surface area (Å²) < 4.78 is 12.0. The summed E-state index contributed by atoms with van der Waals surface area (Å²) >= 11 is 0. The van der Waals surface area contributed by atoms with Crippen molar-refractivity contribution in [1.29, 1.82) is 0 Å². The normalized spacial score (nSPS) is 41.4. The van der Waals surface area contributed by atoms with Gasteiger partial charge >= 0.3 is 11.9 Å². The number of benzene rings is 1. The van der Waals surface area contributed by atoms with Crippen molar-refractivity contribution in [3.05, 3.63) is 72.1 Å². The van der Waals surface area contributed by atoms with E-state index >= 15 is 0 Å². The van der Waals surface area contributed by atoms with Crippen LogP contribution >= 0.6 is 0 Å². The minimum Gasteiger partial charge on any atom is -0.458 e. The minimum atomic E-state index is -1.87. The SMILES string of the molecule is CC(OC(=O)c1cccnc1)C1(O)CCC2(O)C3(O)CCC4CC(O)CCC4(C)C3CC(OC(=O)C=Cc3ccccc3)C12C. The van der Waals surface area contributed by atoms with Crippen LogP contribution in [0.4, 0.5) is 0 Å². The predicted octanol–water partition coefficient (Wildman–Crippen LogP) is 4.23. The highest BCUT2D eigenvalue weighted by Gasteiger charge is 2.82. The first-order valence-corrected chi connectivity index (χ1v) is 16.2. The second-order valence-electron chi connectivity index (χ2n) is 14.3. The number of aliphatic hydroxyl groups is 4. The molecule has 4 fully saturated rings. The summed E-state index contributed by atoms with van der Waals surface area (Å²) in [5.74, 6) is -1.64. The molecule has 4 aliphatic carbocycles. The largest absolute Gasteiger partial charge is 0.458 e. The van der Waals surface area contributed by atoms with E-state index in [9.17, 15) is 30.0 Å². The molecule has 10 unspecified atom stereocenters. The zero-order valence-corrected chi connectivity index (χ0v) is 26.3. The lowest BCUT2D eigenvalue weighted by atomic mass is 9.40. The number of ether oxygens (including phenoxy) is 2. The highest BCUT2D eigenvalue weighted by molar-refractivity contribution is 5.89. The van der Waals surface area contributed by atoms with Gasteiger partial charge in [0.1, 0.15) is 23.4 Å². The molecule has 242 valence electrons. The number of carbonyl (C=O) groups is 2. The van der Waals surface area contributed by atoms with Crippen LogP contribution in [-0.2, 0) is 14.3 Å². The van der Waals surface area contributed by atoms with Crippen molar-refractivity contribution in [3.63, 3.8) is 0 Å². The third kappa shape index (κ3) is 4.77. The maximum Gasteiger partial charge on any atom is 0.340 e. The Balaban J connectivity index is 1.39. The van der Waals surface area contributed by atoms with Crippen molar-refractivity contribution in [2.45, 2.75) is 107 Å². The van der Waals surface area contributed by atoms with Gasteiger partial charge < -0.3 is 29.9 Å². The number of esters is 2. The fourth-order valence-corrected chi connectivity index (χ4v) is 9.80. The van der Waals surface area contributed by atoms with Gasteiger partial charge in [-0.25, -0.2) is 9.59 Å². The van der Waals surface area contributed by atoms with Gasteiger partial charge in [0.25, 0.3) is 0 Å². The fourth-order valence-electron chi connectivity index (χ4n) is 9.80. The summed E-state index contributed by atoms with van der Waals surface area (Å²) in [6.07, 6.45) is 6.37. The van der Waals surface area contributed by atoms with Crippen LogP contribution in [0.25, 0.3) is 6.08 Å². The molecule has 0 bridgehead atoms. The lowest BCUT2D eigenvalue weighted by molar-refractivity contribution is -0.341. The van der Waals surface area contributed by atoms with Crippen molar-refractivity contribution in [2.24, 2.45) is 22.7 Å². The molecule has 0 radical (unpaired) electrons. The van der Waals surface area contributed by atoms with Gasteiger partial charge in [-0.05, 0) is 99.3 Å². The average Bonchev–Trinajstić information content (AvgIpc) is 3.26. The number of rotatable bonds is 6. The summed E-state index contributed by atoms with van der Waals surface area (Å²) in [6.45, 7) is 5.37. The topological polar surface area (TPSA) is 146 Å². The Labute approximate surface area is 264 Å². The first kappa shape index (κ1) is 31.9. The molecule has 0 aliphatic heterocycles. The average molecular weight is 620 g/mol. The minimum absolute atomic E-state index is 0.0171. The van der Waals surface area contributed by atoms with Gasteiger partial charge in [0.2, 0.25) is 0 Å². The van der Waals surface area contributed by atoms with Crippen molar-refractivity contribution in [2.75, 3.05) is 0 Å². The second kappa shape index (κ2) is 11.3.